The second kappa shape index (κ2) is 3.44. The van der Waals surface area contributed by atoms with Gasteiger partial charge in [0, 0.05) is 24.6 Å². The van der Waals surface area contributed by atoms with Gasteiger partial charge < -0.3 is 5.32 Å². The Balaban J connectivity index is 1.75. The van der Waals surface area contributed by atoms with Crippen molar-refractivity contribution in [2.24, 2.45) is 5.92 Å². The summed E-state index contributed by atoms with van der Waals surface area (Å²) in [6.45, 7) is 1.03. The van der Waals surface area contributed by atoms with Crippen LogP contribution in [0.3, 0.4) is 0 Å². The Morgan fingerprint density at radius 1 is 1.25 bits per heavy atom. The van der Waals surface area contributed by atoms with E-state index in [2.05, 4.69) is 47.8 Å². The van der Waals surface area contributed by atoms with Crippen molar-refractivity contribution in [1.82, 2.24) is 5.32 Å². The Morgan fingerprint density at radius 2 is 2.08 bits per heavy atom. The smallest absolute Gasteiger partial charge is 0.0242 e. The van der Waals surface area contributed by atoms with Crippen LogP contribution in [0, 0.1) is 5.92 Å². The minimum absolute atomic E-state index is 0.589. The van der Waals surface area contributed by atoms with Crippen molar-refractivity contribution in [3.05, 3.63) is 48.2 Å². The van der Waals surface area contributed by atoms with E-state index in [1.54, 1.807) is 0 Å². The molecule has 0 spiro atoms. The summed E-state index contributed by atoms with van der Waals surface area (Å²) < 4.78 is 0. The zero-order valence-electron chi connectivity index (χ0n) is 7.03. The average Bonchev–Trinajstić information content (AvgIpc) is 2.74. The summed E-state index contributed by atoms with van der Waals surface area (Å²) in [5, 5.41) is 3.42. The molecule has 1 nitrogen and oxygen atoms in total. The number of nitrogens with one attached hydrogen (secondary N) is 1. The fourth-order valence-electron chi connectivity index (χ4n) is 1.44. The number of hydrogen-bond donors (Lipinski definition) is 1. The van der Waals surface area contributed by atoms with Crippen LogP contribution in [-0.4, -0.2) is 6.54 Å². The Hall–Kier alpha value is -1.24. The second-order valence-corrected chi connectivity index (χ2v) is 3.14. The molecule has 12 heavy (non-hydrogen) atoms. The highest BCUT2D eigenvalue weighted by atomic mass is 14.9. The summed E-state index contributed by atoms with van der Waals surface area (Å²) in [6.07, 6.45) is 16.1. The molecule has 1 heteroatoms. The van der Waals surface area contributed by atoms with Crippen molar-refractivity contribution in [2.75, 3.05) is 6.54 Å². The highest BCUT2D eigenvalue weighted by Crippen LogP contribution is 2.10. The maximum Gasteiger partial charge on any atom is 0.0242 e. The lowest BCUT2D eigenvalue weighted by Crippen LogP contribution is -2.18. The standard InChI is InChI=1S/C11H13N/c1-2-6-10(5-1)9-12-11-7-3-4-8-11/h1-7,10,12H,8-9H2. The Bertz CT molecular complexity index is 257. The third-order valence-electron chi connectivity index (χ3n) is 2.16. The topological polar surface area (TPSA) is 12.0 Å². The molecule has 0 aromatic carbocycles. The monoisotopic (exact) mass is 159 g/mol. The summed E-state index contributed by atoms with van der Waals surface area (Å²) in [5.41, 5.74) is 1.34. The van der Waals surface area contributed by atoms with Gasteiger partial charge in [0.2, 0.25) is 0 Å². The highest BCUT2D eigenvalue weighted by molar-refractivity contribution is 5.23. The molecule has 0 atom stereocenters. The highest BCUT2D eigenvalue weighted by Gasteiger charge is 2.04. The van der Waals surface area contributed by atoms with Crippen molar-refractivity contribution in [3.8, 4) is 0 Å². The van der Waals surface area contributed by atoms with Crippen LogP contribution in [0.2, 0.25) is 0 Å². The van der Waals surface area contributed by atoms with Gasteiger partial charge in [0.1, 0.15) is 0 Å². The lowest BCUT2D eigenvalue weighted by molar-refractivity contribution is 0.700. The normalized spacial score (nSPS) is 20.5. The molecule has 0 aliphatic heterocycles. The number of rotatable bonds is 3. The van der Waals surface area contributed by atoms with Gasteiger partial charge in [-0.15, -0.1) is 0 Å². The van der Waals surface area contributed by atoms with E-state index in [4.69, 9.17) is 0 Å². The van der Waals surface area contributed by atoms with Crippen LogP contribution >= 0.6 is 0 Å². The van der Waals surface area contributed by atoms with Gasteiger partial charge in [0.05, 0.1) is 0 Å². The van der Waals surface area contributed by atoms with E-state index in [9.17, 15) is 0 Å². The lowest BCUT2D eigenvalue weighted by atomic mass is 10.2. The maximum absolute atomic E-state index is 3.42. The summed E-state index contributed by atoms with van der Waals surface area (Å²) in [4.78, 5) is 0. The molecule has 1 N–H and O–H groups in total. The summed E-state index contributed by atoms with van der Waals surface area (Å²) in [6, 6.07) is 0. The van der Waals surface area contributed by atoms with Gasteiger partial charge in [-0.05, 0) is 6.08 Å². The van der Waals surface area contributed by atoms with E-state index in [-0.39, 0.29) is 0 Å². The van der Waals surface area contributed by atoms with E-state index in [1.807, 2.05) is 0 Å². The molecule has 2 aliphatic rings. The molecule has 0 aromatic heterocycles. The molecule has 62 valence electrons. The van der Waals surface area contributed by atoms with Crippen LogP contribution in [0.4, 0.5) is 0 Å². The van der Waals surface area contributed by atoms with E-state index >= 15 is 0 Å². The van der Waals surface area contributed by atoms with Crippen LogP contribution in [0.15, 0.2) is 48.2 Å². The van der Waals surface area contributed by atoms with Crippen molar-refractivity contribution < 1.29 is 0 Å². The van der Waals surface area contributed by atoms with Crippen molar-refractivity contribution in [3.63, 3.8) is 0 Å². The van der Waals surface area contributed by atoms with Crippen LogP contribution in [0.25, 0.3) is 0 Å². The van der Waals surface area contributed by atoms with Crippen LogP contribution in [0.1, 0.15) is 6.42 Å². The predicted octanol–water partition coefficient (Wildman–Crippen LogP) is 2.16. The minimum atomic E-state index is 0.589. The van der Waals surface area contributed by atoms with Gasteiger partial charge in [-0.2, -0.15) is 0 Å². The quantitative estimate of drug-likeness (QED) is 0.665. The fraction of sp³-hybridized carbons (Fsp3) is 0.273. The lowest BCUT2D eigenvalue weighted by Gasteiger charge is -2.09. The van der Waals surface area contributed by atoms with E-state index in [1.165, 1.54) is 5.70 Å². The molecule has 2 aliphatic carbocycles. The largest absolute Gasteiger partial charge is 0.387 e. The van der Waals surface area contributed by atoms with Crippen LogP contribution in [-0.2, 0) is 0 Å². The third kappa shape index (κ3) is 1.67. The van der Waals surface area contributed by atoms with E-state index in [0.717, 1.165) is 13.0 Å². The van der Waals surface area contributed by atoms with Crippen molar-refractivity contribution in [1.29, 1.82) is 0 Å². The zero-order chi connectivity index (χ0) is 8.23. The first-order valence-corrected chi connectivity index (χ1v) is 4.40. The molecule has 0 bridgehead atoms. The first-order valence-electron chi connectivity index (χ1n) is 4.40. The first-order chi connectivity index (χ1) is 5.95. The number of allylic oxidation sites excluding steroid dienone is 5. The molecule has 0 unspecified atom stereocenters. The Labute approximate surface area is 73.2 Å². The molecule has 0 radical (unpaired) electrons. The van der Waals surface area contributed by atoms with Gasteiger partial charge >= 0.3 is 0 Å². The van der Waals surface area contributed by atoms with Gasteiger partial charge in [-0.1, -0.05) is 36.5 Å². The molecular weight excluding hydrogens is 146 g/mol. The summed E-state index contributed by atoms with van der Waals surface area (Å²) in [5.74, 6) is 0.589. The van der Waals surface area contributed by atoms with Gasteiger partial charge in [0.25, 0.3) is 0 Å². The molecular formula is C11H13N. The minimum Gasteiger partial charge on any atom is -0.387 e. The second-order valence-electron chi connectivity index (χ2n) is 3.14. The predicted molar refractivity (Wildman–Crippen MR) is 51.6 cm³/mol. The van der Waals surface area contributed by atoms with Crippen molar-refractivity contribution >= 4 is 0 Å². The van der Waals surface area contributed by atoms with E-state index in [0.29, 0.717) is 5.92 Å². The van der Waals surface area contributed by atoms with Crippen molar-refractivity contribution in [2.45, 2.75) is 6.42 Å². The van der Waals surface area contributed by atoms with Gasteiger partial charge in [-0.3, -0.25) is 0 Å². The molecule has 2 rings (SSSR count). The fourth-order valence-corrected chi connectivity index (χ4v) is 1.44. The third-order valence-corrected chi connectivity index (χ3v) is 2.16. The average molecular weight is 159 g/mol. The number of hydrogen-bond acceptors (Lipinski definition) is 1. The SMILES string of the molecule is C1=CCC(NCC2C=CC=C2)=C1. The Kier molecular flexibility index (Phi) is 2.12. The molecule has 0 saturated carbocycles. The van der Waals surface area contributed by atoms with Crippen LogP contribution in [0.5, 0.6) is 0 Å². The molecule has 0 aromatic rings. The first kappa shape index (κ1) is 7.41. The summed E-state index contributed by atoms with van der Waals surface area (Å²) in [7, 11) is 0. The summed E-state index contributed by atoms with van der Waals surface area (Å²) >= 11 is 0. The Morgan fingerprint density at radius 3 is 2.75 bits per heavy atom. The molecule has 0 saturated heterocycles. The molecule has 0 heterocycles. The van der Waals surface area contributed by atoms with E-state index < -0.39 is 0 Å². The molecule has 0 amide bonds. The maximum atomic E-state index is 3.42. The van der Waals surface area contributed by atoms with Crippen LogP contribution < -0.4 is 5.32 Å². The zero-order valence-corrected chi connectivity index (χ0v) is 7.03. The van der Waals surface area contributed by atoms with Gasteiger partial charge in [0.15, 0.2) is 0 Å². The molecule has 0 fully saturated rings. The van der Waals surface area contributed by atoms with Gasteiger partial charge in [-0.25, -0.2) is 0 Å².